The van der Waals surface area contributed by atoms with E-state index in [1.165, 1.54) is 253 Å². The van der Waals surface area contributed by atoms with E-state index in [4.69, 9.17) is 0 Å². The first-order valence-corrected chi connectivity index (χ1v) is 42.8. The summed E-state index contributed by atoms with van der Waals surface area (Å²) < 4.78 is 0. The maximum absolute atomic E-state index is 2.51. The SMILES string of the molecule is CC1(C)c2ccc(-c3c4ccccc4c(-c4ccc5c(c4)-c4c(ccc6ccccc46)C5(C)C)c4cc(-c5ccc6ccccc6c5)ccc34)cc2-c2c1ccc1ccccc21.CC1(C)c2ccc(-c3c4ccccc4c(-c4ccc5c(c4)-c4ccc6ccccc6c4C5(C)C)c4cc(-c5ccccc5)ccc34)cc2-c2ccc3ccccc3c21. The zero-order valence-electron chi connectivity index (χ0n) is 68.8. The smallest absolute Gasteiger partial charge is 0.0165 e. The lowest BCUT2D eigenvalue weighted by molar-refractivity contribution is 0.661. The van der Waals surface area contributed by atoms with E-state index in [1.54, 1.807) is 0 Å². The molecule has 25 rings (SSSR count). The molecular weight excluding hydrogens is 1440 g/mol. The number of rotatable bonds is 6. The van der Waals surface area contributed by atoms with Gasteiger partial charge in [0.1, 0.15) is 0 Å². The van der Waals surface area contributed by atoms with Crippen LogP contribution in [-0.4, -0.2) is 0 Å². The molecule has 4 aliphatic rings. The summed E-state index contributed by atoms with van der Waals surface area (Å²) in [5, 5.41) is 23.2. The normalized spacial score (nSPS) is 14.4. The highest BCUT2D eigenvalue weighted by Crippen LogP contribution is 2.60. The van der Waals surface area contributed by atoms with E-state index in [9.17, 15) is 0 Å². The lowest BCUT2D eigenvalue weighted by atomic mass is 9.79. The highest BCUT2D eigenvalue weighted by molar-refractivity contribution is 6.25. The molecule has 21 aromatic carbocycles. The Kier molecular flexibility index (Phi) is 15.1. The molecule has 0 aliphatic heterocycles. The van der Waals surface area contributed by atoms with Crippen molar-refractivity contribution < 1.29 is 0 Å². The van der Waals surface area contributed by atoms with Crippen molar-refractivity contribution in [1.82, 2.24) is 0 Å². The molecule has 4 aliphatic carbocycles. The van der Waals surface area contributed by atoms with Crippen LogP contribution >= 0.6 is 0 Å². The van der Waals surface area contributed by atoms with Gasteiger partial charge in [-0.3, -0.25) is 0 Å². The van der Waals surface area contributed by atoms with Crippen molar-refractivity contribution in [2.24, 2.45) is 0 Å². The molecule has 0 heteroatoms. The van der Waals surface area contributed by atoms with E-state index in [-0.39, 0.29) is 21.7 Å². The van der Waals surface area contributed by atoms with Gasteiger partial charge in [-0.2, -0.15) is 0 Å². The molecule has 0 radical (unpaired) electrons. The summed E-state index contributed by atoms with van der Waals surface area (Å²) in [6, 6.07) is 143. The summed E-state index contributed by atoms with van der Waals surface area (Å²) >= 11 is 0. The van der Waals surface area contributed by atoms with Crippen molar-refractivity contribution in [3.8, 4) is 111 Å². The lowest BCUT2D eigenvalue weighted by Gasteiger charge is -2.24. The molecule has 120 heavy (non-hydrogen) atoms. The fourth-order valence-electron chi connectivity index (χ4n) is 22.9. The first-order valence-electron chi connectivity index (χ1n) is 42.8. The van der Waals surface area contributed by atoms with Crippen LogP contribution in [0.3, 0.4) is 0 Å². The molecule has 21 aromatic rings. The van der Waals surface area contributed by atoms with Gasteiger partial charge in [-0.1, -0.05) is 389 Å². The van der Waals surface area contributed by atoms with Crippen LogP contribution < -0.4 is 0 Å². The van der Waals surface area contributed by atoms with Gasteiger partial charge < -0.3 is 0 Å². The summed E-state index contributed by atoms with van der Waals surface area (Å²) in [7, 11) is 0. The Balaban J connectivity index is 0.000000137. The van der Waals surface area contributed by atoms with Gasteiger partial charge in [-0.25, -0.2) is 0 Å². The minimum Gasteiger partial charge on any atom is -0.0622 e. The van der Waals surface area contributed by atoms with Crippen molar-refractivity contribution in [3.05, 3.63) is 421 Å². The molecule has 0 amide bonds. The summed E-state index contributed by atoms with van der Waals surface area (Å²) in [6.07, 6.45) is 0. The summed E-state index contributed by atoms with van der Waals surface area (Å²) in [5.41, 5.74) is 36.8. The van der Waals surface area contributed by atoms with Crippen molar-refractivity contribution in [2.75, 3.05) is 0 Å². The Bertz CT molecular complexity index is 8070. The van der Waals surface area contributed by atoms with E-state index in [0.717, 1.165) is 0 Å². The number of hydrogen-bond acceptors (Lipinski definition) is 0. The number of hydrogen-bond donors (Lipinski definition) is 0. The van der Waals surface area contributed by atoms with Crippen LogP contribution in [0.25, 0.3) is 208 Å². The van der Waals surface area contributed by atoms with Gasteiger partial charge in [0.15, 0.2) is 0 Å². The molecule has 0 atom stereocenters. The standard InChI is InChI=1S/C62H44.C58H42/c1-61(2)53-29-26-43(35-51(53)59-45-17-9-7-14-38(45)24-31-55(59)61)57-47-19-11-12-20-48(47)58(50-34-42(23-28-49(50)57)41-22-21-37-13-5-6-16-40(37)33-41)44-27-30-54-52(36-44)60-46-18-10-8-15-39(46)25-32-56(60)62(54,3)4;1-57(2)51-30-25-39(33-48(51)46-28-22-36-16-8-10-18-41(36)55(46)57)53-43-20-12-13-21-44(43)54(50-32-38(24-27-45(50)53)35-14-6-5-7-15-35)40-26-31-52-49(34-40)47-29-23-37-17-9-11-19-42(37)56(47)58(52,3)4/h5-36H,1-4H3;5-34H,1-4H3. The average molecular weight is 1530 g/mol. The van der Waals surface area contributed by atoms with Crippen LogP contribution in [0.5, 0.6) is 0 Å². The van der Waals surface area contributed by atoms with E-state index in [0.29, 0.717) is 0 Å². The van der Waals surface area contributed by atoms with Gasteiger partial charge in [0.05, 0.1) is 0 Å². The minimum atomic E-state index is -0.106. The molecule has 0 aromatic heterocycles. The topological polar surface area (TPSA) is 0 Å². The van der Waals surface area contributed by atoms with Crippen LogP contribution in [0.2, 0.25) is 0 Å². The summed E-state index contributed by atoms with van der Waals surface area (Å²) in [6.45, 7) is 19.1. The molecule has 0 saturated heterocycles. The number of benzene rings is 21. The van der Waals surface area contributed by atoms with Gasteiger partial charge in [0.25, 0.3) is 0 Å². The highest BCUT2D eigenvalue weighted by atomic mass is 14.4. The molecule has 0 fully saturated rings. The summed E-state index contributed by atoms with van der Waals surface area (Å²) in [4.78, 5) is 0. The Morgan fingerprint density at radius 3 is 0.833 bits per heavy atom. The first-order chi connectivity index (χ1) is 58.5. The molecule has 0 nitrogen and oxygen atoms in total. The van der Waals surface area contributed by atoms with Gasteiger partial charge in [-0.05, 0) is 295 Å². The van der Waals surface area contributed by atoms with Crippen molar-refractivity contribution >= 4 is 97.0 Å². The zero-order valence-corrected chi connectivity index (χ0v) is 68.8. The highest BCUT2D eigenvalue weighted by Gasteiger charge is 2.42. The number of fused-ring (bicyclic) bond motifs is 25. The van der Waals surface area contributed by atoms with Gasteiger partial charge >= 0.3 is 0 Å². The molecular formula is C120H86. The van der Waals surface area contributed by atoms with Crippen LogP contribution in [0.4, 0.5) is 0 Å². The molecule has 566 valence electrons. The van der Waals surface area contributed by atoms with Crippen molar-refractivity contribution in [1.29, 1.82) is 0 Å². The van der Waals surface area contributed by atoms with Crippen molar-refractivity contribution in [2.45, 2.75) is 77.0 Å². The molecule has 0 bridgehead atoms. The van der Waals surface area contributed by atoms with Gasteiger partial charge in [0.2, 0.25) is 0 Å². The lowest BCUT2D eigenvalue weighted by Crippen LogP contribution is -2.15. The Morgan fingerprint density at radius 2 is 0.408 bits per heavy atom. The van der Waals surface area contributed by atoms with Crippen molar-refractivity contribution in [3.63, 3.8) is 0 Å². The van der Waals surface area contributed by atoms with Crippen LogP contribution in [0.1, 0.15) is 99.9 Å². The third-order valence-electron chi connectivity index (χ3n) is 28.6. The molecule has 0 saturated carbocycles. The van der Waals surface area contributed by atoms with Crippen LogP contribution in [0.15, 0.2) is 376 Å². The third-order valence-corrected chi connectivity index (χ3v) is 28.6. The largest absolute Gasteiger partial charge is 0.0622 e. The fraction of sp³-hybridized carbons (Fsp3) is 0.100. The van der Waals surface area contributed by atoms with Crippen LogP contribution in [-0.2, 0) is 21.7 Å². The van der Waals surface area contributed by atoms with Crippen LogP contribution in [0, 0.1) is 0 Å². The van der Waals surface area contributed by atoms with E-state index in [1.807, 2.05) is 0 Å². The maximum Gasteiger partial charge on any atom is 0.0165 e. The predicted molar refractivity (Wildman–Crippen MR) is 513 cm³/mol. The fourth-order valence-corrected chi connectivity index (χ4v) is 22.9. The Labute approximate surface area is 701 Å². The maximum atomic E-state index is 2.51. The van der Waals surface area contributed by atoms with E-state index >= 15 is 0 Å². The third kappa shape index (κ3) is 10.1. The predicted octanol–water partition coefficient (Wildman–Crippen LogP) is 33.0. The Morgan fingerprint density at radius 1 is 0.133 bits per heavy atom. The quantitative estimate of drug-likeness (QED) is 0.146. The van der Waals surface area contributed by atoms with Gasteiger partial charge in [0, 0.05) is 21.7 Å². The van der Waals surface area contributed by atoms with E-state index in [2.05, 4.69) is 432 Å². The monoisotopic (exact) mass is 1530 g/mol. The minimum absolute atomic E-state index is 0.0952. The average Bonchev–Trinajstić information content (AvgIpc) is 1.45. The second-order valence-electron chi connectivity index (χ2n) is 36.4. The van der Waals surface area contributed by atoms with Gasteiger partial charge in [-0.15, -0.1) is 0 Å². The summed E-state index contributed by atoms with van der Waals surface area (Å²) in [5.74, 6) is 0. The second kappa shape index (κ2) is 25.7. The molecule has 0 N–H and O–H groups in total. The van der Waals surface area contributed by atoms with E-state index < -0.39 is 0 Å². The Hall–Kier alpha value is -14.0. The second-order valence-corrected chi connectivity index (χ2v) is 36.4. The molecule has 0 heterocycles. The molecule has 0 unspecified atom stereocenters. The zero-order chi connectivity index (χ0) is 80.4. The first kappa shape index (κ1) is 70.2. The molecule has 0 spiro atoms.